The molecule has 0 amide bonds. The van der Waals surface area contributed by atoms with E-state index in [1.165, 1.54) is 12.1 Å². The van der Waals surface area contributed by atoms with Gasteiger partial charge in [0.2, 0.25) is 0 Å². The molecule has 0 aliphatic heterocycles. The van der Waals surface area contributed by atoms with Gasteiger partial charge >= 0.3 is 6.18 Å². The normalized spacial score (nSPS) is 11.7. The summed E-state index contributed by atoms with van der Waals surface area (Å²) in [6, 6.07) is 6.28. The van der Waals surface area contributed by atoms with Crippen LogP contribution in [-0.2, 0) is 26.1 Å². The topological polar surface area (TPSA) is 34.9 Å². The Balaban J connectivity index is 2.22. The van der Waals surface area contributed by atoms with Crippen LogP contribution in [0, 0.1) is 0 Å². The Kier molecular flexibility index (Phi) is 4.16. The highest BCUT2D eigenvalue weighted by molar-refractivity contribution is 5.97. The van der Waals surface area contributed by atoms with E-state index in [9.17, 15) is 18.0 Å². The van der Waals surface area contributed by atoms with E-state index in [-0.39, 0.29) is 17.8 Å². The van der Waals surface area contributed by atoms with Gasteiger partial charge in [0.1, 0.15) is 0 Å². The van der Waals surface area contributed by atoms with Crippen LogP contribution >= 0.6 is 0 Å². The number of ketones is 1. The summed E-state index contributed by atoms with van der Waals surface area (Å²) >= 11 is 0. The average Bonchev–Trinajstić information content (AvgIpc) is 2.78. The predicted molar refractivity (Wildman–Crippen MR) is 72.1 cm³/mol. The van der Waals surface area contributed by atoms with E-state index in [2.05, 4.69) is 5.10 Å². The van der Waals surface area contributed by atoms with Crippen LogP contribution in [0.25, 0.3) is 0 Å². The molecule has 1 heterocycles. The number of benzene rings is 1. The third-order valence-electron chi connectivity index (χ3n) is 3.24. The van der Waals surface area contributed by atoms with Crippen molar-refractivity contribution in [1.82, 2.24) is 9.78 Å². The molecule has 2 rings (SSSR count). The molecule has 0 bridgehead atoms. The van der Waals surface area contributed by atoms with Gasteiger partial charge < -0.3 is 0 Å². The summed E-state index contributed by atoms with van der Waals surface area (Å²) in [4.78, 5) is 12.1. The summed E-state index contributed by atoms with van der Waals surface area (Å²) in [5.74, 6) is -0.355. The molecular formula is C15H15F3N2O. The molecule has 0 N–H and O–H groups in total. The maximum atomic E-state index is 12.6. The monoisotopic (exact) mass is 296 g/mol. The molecule has 0 saturated heterocycles. The number of hydrogen-bond donors (Lipinski definition) is 0. The fourth-order valence-corrected chi connectivity index (χ4v) is 2.05. The van der Waals surface area contributed by atoms with Crippen molar-refractivity contribution in [3.05, 3.63) is 52.8 Å². The molecule has 0 spiro atoms. The minimum Gasteiger partial charge on any atom is -0.294 e. The Morgan fingerprint density at radius 1 is 1.29 bits per heavy atom. The van der Waals surface area contributed by atoms with Gasteiger partial charge in [-0.15, -0.1) is 0 Å². The van der Waals surface area contributed by atoms with Crippen molar-refractivity contribution in [2.75, 3.05) is 0 Å². The number of aryl methyl sites for hydroxylation is 2. The highest BCUT2D eigenvalue weighted by Gasteiger charge is 2.30. The average molecular weight is 296 g/mol. The van der Waals surface area contributed by atoms with Crippen LogP contribution < -0.4 is 0 Å². The van der Waals surface area contributed by atoms with Crippen molar-refractivity contribution < 1.29 is 18.0 Å². The molecule has 0 aliphatic rings. The van der Waals surface area contributed by atoms with Crippen LogP contribution in [0.2, 0.25) is 0 Å². The van der Waals surface area contributed by atoms with Crippen molar-refractivity contribution in [2.45, 2.75) is 25.9 Å². The molecule has 3 nitrogen and oxygen atoms in total. The Bertz CT molecular complexity index is 659. The number of rotatable bonds is 4. The van der Waals surface area contributed by atoms with Crippen molar-refractivity contribution in [3.63, 3.8) is 0 Å². The summed E-state index contributed by atoms with van der Waals surface area (Å²) in [7, 11) is 1.72. The predicted octanol–water partition coefficient (Wildman–Crippen LogP) is 3.43. The van der Waals surface area contributed by atoms with Crippen LogP contribution in [0.4, 0.5) is 13.2 Å². The number of carbonyl (C=O) groups is 1. The Morgan fingerprint density at radius 2 is 2.00 bits per heavy atom. The van der Waals surface area contributed by atoms with Crippen LogP contribution in [0.5, 0.6) is 0 Å². The molecule has 21 heavy (non-hydrogen) atoms. The second-order valence-electron chi connectivity index (χ2n) is 4.78. The van der Waals surface area contributed by atoms with E-state index in [1.54, 1.807) is 17.8 Å². The quantitative estimate of drug-likeness (QED) is 0.810. The Morgan fingerprint density at radius 3 is 2.57 bits per heavy atom. The highest BCUT2D eigenvalue weighted by atomic mass is 19.4. The number of hydrogen-bond acceptors (Lipinski definition) is 2. The number of alkyl halides is 3. The number of carbonyl (C=O) groups excluding carboxylic acids is 1. The zero-order chi connectivity index (χ0) is 15.6. The fraction of sp³-hybridized carbons (Fsp3) is 0.333. The lowest BCUT2D eigenvalue weighted by molar-refractivity contribution is -0.137. The first kappa shape index (κ1) is 15.3. The minimum atomic E-state index is -4.45. The molecule has 0 aliphatic carbocycles. The number of halogens is 3. The third kappa shape index (κ3) is 3.51. The number of nitrogens with zero attached hydrogens (tertiary/aromatic N) is 2. The lowest BCUT2D eigenvalue weighted by atomic mass is 10.0. The minimum absolute atomic E-state index is 0.0326. The molecule has 1 aromatic carbocycles. The highest BCUT2D eigenvalue weighted by Crippen LogP contribution is 2.29. The van der Waals surface area contributed by atoms with E-state index < -0.39 is 11.7 Å². The van der Waals surface area contributed by atoms with Gasteiger partial charge in [-0.3, -0.25) is 9.48 Å². The molecule has 1 aromatic heterocycles. The van der Waals surface area contributed by atoms with Gasteiger partial charge in [0.15, 0.2) is 5.78 Å². The summed E-state index contributed by atoms with van der Waals surface area (Å²) in [5.41, 5.74) is 0.787. The van der Waals surface area contributed by atoms with Crippen LogP contribution in [0.3, 0.4) is 0 Å². The SMILES string of the molecule is CCc1cc(CC(=O)c2cccc(C(F)(F)F)c2)n(C)n1. The largest absolute Gasteiger partial charge is 0.416 e. The van der Waals surface area contributed by atoms with Gasteiger partial charge in [-0.1, -0.05) is 19.1 Å². The molecule has 0 fully saturated rings. The number of aromatic nitrogens is 2. The van der Waals surface area contributed by atoms with Gasteiger partial charge in [-0.05, 0) is 24.6 Å². The van der Waals surface area contributed by atoms with Crippen molar-refractivity contribution in [2.24, 2.45) is 7.05 Å². The van der Waals surface area contributed by atoms with Gasteiger partial charge in [0.25, 0.3) is 0 Å². The van der Waals surface area contributed by atoms with E-state index >= 15 is 0 Å². The van der Waals surface area contributed by atoms with Crippen LogP contribution in [0.1, 0.15) is 34.2 Å². The fourth-order valence-electron chi connectivity index (χ4n) is 2.05. The third-order valence-corrected chi connectivity index (χ3v) is 3.24. The number of Topliss-reactive ketones (excluding diaryl/α,β-unsaturated/α-hetero) is 1. The van der Waals surface area contributed by atoms with Crippen molar-refractivity contribution >= 4 is 5.78 Å². The van der Waals surface area contributed by atoms with Gasteiger partial charge in [0.05, 0.1) is 17.7 Å². The summed E-state index contributed by atoms with van der Waals surface area (Å²) < 4.78 is 39.5. The summed E-state index contributed by atoms with van der Waals surface area (Å²) in [6.07, 6.45) is -3.67. The van der Waals surface area contributed by atoms with E-state index in [4.69, 9.17) is 0 Å². The second-order valence-corrected chi connectivity index (χ2v) is 4.78. The van der Waals surface area contributed by atoms with Crippen molar-refractivity contribution in [3.8, 4) is 0 Å². The smallest absolute Gasteiger partial charge is 0.294 e. The molecule has 2 aromatic rings. The molecule has 0 saturated carbocycles. The van der Waals surface area contributed by atoms with Crippen LogP contribution in [0.15, 0.2) is 30.3 Å². The first-order valence-corrected chi connectivity index (χ1v) is 6.53. The van der Waals surface area contributed by atoms with Gasteiger partial charge in [-0.2, -0.15) is 18.3 Å². The molecule has 0 atom stereocenters. The molecule has 112 valence electrons. The maximum absolute atomic E-state index is 12.6. The lowest BCUT2D eigenvalue weighted by Crippen LogP contribution is -2.10. The van der Waals surface area contributed by atoms with Gasteiger partial charge in [-0.25, -0.2) is 0 Å². The molecule has 0 radical (unpaired) electrons. The summed E-state index contributed by atoms with van der Waals surface area (Å²) in [6.45, 7) is 1.95. The Hall–Kier alpha value is -2.11. The van der Waals surface area contributed by atoms with Crippen LogP contribution in [-0.4, -0.2) is 15.6 Å². The first-order valence-electron chi connectivity index (χ1n) is 6.53. The summed E-state index contributed by atoms with van der Waals surface area (Å²) in [5, 5.41) is 4.22. The van der Waals surface area contributed by atoms with E-state index in [0.717, 1.165) is 24.2 Å². The van der Waals surface area contributed by atoms with E-state index in [0.29, 0.717) is 5.69 Å². The maximum Gasteiger partial charge on any atom is 0.416 e. The van der Waals surface area contributed by atoms with E-state index in [1.807, 2.05) is 6.92 Å². The first-order chi connectivity index (χ1) is 9.81. The lowest BCUT2D eigenvalue weighted by Gasteiger charge is -2.08. The van der Waals surface area contributed by atoms with Crippen molar-refractivity contribution in [1.29, 1.82) is 0 Å². The Labute approximate surface area is 120 Å². The standard InChI is InChI=1S/C15H15F3N2O/c1-3-12-8-13(20(2)19-12)9-14(21)10-5-4-6-11(7-10)15(16,17)18/h4-8H,3,9H2,1-2H3. The second kappa shape index (κ2) is 5.71. The molecular weight excluding hydrogens is 281 g/mol. The zero-order valence-electron chi connectivity index (χ0n) is 11.7. The molecule has 0 unspecified atom stereocenters. The zero-order valence-corrected chi connectivity index (χ0v) is 11.7. The molecule has 6 heteroatoms. The van der Waals surface area contributed by atoms with Gasteiger partial charge in [0, 0.05) is 18.3 Å².